The van der Waals surface area contributed by atoms with E-state index < -0.39 is 0 Å². The van der Waals surface area contributed by atoms with Crippen LogP contribution in [0.4, 0.5) is 11.8 Å². The van der Waals surface area contributed by atoms with Crippen molar-refractivity contribution in [3.05, 3.63) is 11.2 Å². The Bertz CT molecular complexity index is 444. The van der Waals surface area contributed by atoms with Gasteiger partial charge in [-0.25, -0.2) is 4.98 Å². The number of rotatable bonds is 6. The van der Waals surface area contributed by atoms with Crippen LogP contribution < -0.4 is 11.1 Å². The number of nitrogens with one attached hydrogen (secondary N) is 1. The molecule has 0 bridgehead atoms. The van der Waals surface area contributed by atoms with Gasteiger partial charge >= 0.3 is 0 Å². The second-order valence-electron chi connectivity index (χ2n) is 5.72. The zero-order chi connectivity index (χ0) is 15.3. The van der Waals surface area contributed by atoms with E-state index in [1.165, 1.54) is 19.3 Å². The summed E-state index contributed by atoms with van der Waals surface area (Å²) in [4.78, 5) is 10.3. The lowest BCUT2D eigenvalue weighted by Gasteiger charge is -2.45. The van der Waals surface area contributed by atoms with E-state index >= 15 is 0 Å². The van der Waals surface area contributed by atoms with E-state index in [-0.39, 0.29) is 18.1 Å². The molecular weight excluding hydrogens is 290 g/mol. The molecule has 0 atom stereocenters. The maximum Gasteiger partial charge on any atom is 0.223 e. The molecule has 1 fully saturated rings. The molecule has 1 aromatic rings. The summed E-state index contributed by atoms with van der Waals surface area (Å²) in [6.45, 7) is 1.61. The molecule has 1 aliphatic carbocycles. The van der Waals surface area contributed by atoms with Gasteiger partial charge in [-0.15, -0.1) is 0 Å². The van der Waals surface area contributed by atoms with Gasteiger partial charge < -0.3 is 16.2 Å². The number of aliphatic hydroxyl groups is 1. The van der Waals surface area contributed by atoms with E-state index in [0.29, 0.717) is 17.5 Å². The second-order valence-corrected chi connectivity index (χ2v) is 6.11. The highest BCUT2D eigenvalue weighted by Gasteiger charge is 2.35. The Kier molecular flexibility index (Phi) is 5.61. The van der Waals surface area contributed by atoms with E-state index in [2.05, 4.69) is 27.2 Å². The van der Waals surface area contributed by atoms with Gasteiger partial charge in [0.1, 0.15) is 11.0 Å². The number of aliphatic hydroxyl groups excluding tert-OH is 1. The van der Waals surface area contributed by atoms with E-state index in [1.54, 1.807) is 6.07 Å². The molecule has 2 rings (SSSR count). The summed E-state index contributed by atoms with van der Waals surface area (Å²) < 4.78 is 0. The van der Waals surface area contributed by atoms with Gasteiger partial charge in [-0.1, -0.05) is 30.9 Å². The first-order chi connectivity index (χ1) is 10.1. The maximum atomic E-state index is 9.22. The predicted octanol–water partition coefficient (Wildman–Crippen LogP) is 1.75. The van der Waals surface area contributed by atoms with Gasteiger partial charge in [-0.3, -0.25) is 4.90 Å². The van der Waals surface area contributed by atoms with Crippen LogP contribution in [0.15, 0.2) is 6.07 Å². The third kappa shape index (κ3) is 4.18. The van der Waals surface area contributed by atoms with Gasteiger partial charge in [0.25, 0.3) is 0 Å². The van der Waals surface area contributed by atoms with Crippen molar-refractivity contribution in [2.24, 2.45) is 0 Å². The second kappa shape index (κ2) is 7.24. The molecule has 0 spiro atoms. The largest absolute Gasteiger partial charge is 0.395 e. The fourth-order valence-corrected chi connectivity index (χ4v) is 3.26. The smallest absolute Gasteiger partial charge is 0.223 e. The number of nitrogens with zero attached hydrogens (tertiary/aromatic N) is 3. The highest BCUT2D eigenvalue weighted by atomic mass is 35.5. The molecule has 0 aromatic carbocycles. The lowest BCUT2D eigenvalue weighted by atomic mass is 9.80. The first-order valence-corrected chi connectivity index (χ1v) is 7.79. The predicted molar refractivity (Wildman–Crippen MR) is 85.5 cm³/mol. The van der Waals surface area contributed by atoms with Crippen molar-refractivity contribution in [2.75, 3.05) is 37.8 Å². The highest BCUT2D eigenvalue weighted by molar-refractivity contribution is 6.29. The van der Waals surface area contributed by atoms with Crippen LogP contribution in [0.1, 0.15) is 32.1 Å². The molecule has 0 saturated heterocycles. The summed E-state index contributed by atoms with van der Waals surface area (Å²) in [5.41, 5.74) is 5.67. The van der Waals surface area contributed by atoms with Crippen LogP contribution in [0.3, 0.4) is 0 Å². The van der Waals surface area contributed by atoms with E-state index in [4.69, 9.17) is 17.3 Å². The summed E-state index contributed by atoms with van der Waals surface area (Å²) in [6.07, 6.45) is 5.94. The van der Waals surface area contributed by atoms with Crippen molar-refractivity contribution in [2.45, 2.75) is 37.6 Å². The van der Waals surface area contributed by atoms with Crippen LogP contribution >= 0.6 is 11.6 Å². The minimum atomic E-state index is 0.0488. The SMILES string of the molecule is CN(CCO)C1(CNc2cc(Cl)nc(N)n2)CCCCC1. The average molecular weight is 314 g/mol. The number of anilines is 2. The summed E-state index contributed by atoms with van der Waals surface area (Å²) >= 11 is 5.90. The molecule has 6 nitrogen and oxygen atoms in total. The standard InChI is InChI=1S/C14H24ClN5O/c1-20(7-8-21)14(5-3-2-4-6-14)10-17-12-9-11(15)18-13(16)19-12/h9,21H,2-8,10H2,1H3,(H3,16,17,18,19). The fraction of sp³-hybridized carbons (Fsp3) is 0.714. The number of nitrogen functional groups attached to an aromatic ring is 1. The summed E-state index contributed by atoms with van der Waals surface area (Å²) in [5, 5.41) is 12.9. The van der Waals surface area contributed by atoms with Crippen LogP contribution in [-0.2, 0) is 0 Å². The maximum absolute atomic E-state index is 9.22. The summed E-state index contributed by atoms with van der Waals surface area (Å²) in [5.74, 6) is 0.821. The molecular formula is C14H24ClN5O. The van der Waals surface area contributed by atoms with E-state index in [0.717, 1.165) is 19.4 Å². The van der Waals surface area contributed by atoms with Gasteiger partial charge in [-0.05, 0) is 19.9 Å². The Balaban J connectivity index is 2.08. The minimum absolute atomic E-state index is 0.0488. The normalized spacial score (nSPS) is 17.9. The Morgan fingerprint density at radius 1 is 1.38 bits per heavy atom. The first-order valence-electron chi connectivity index (χ1n) is 7.42. The summed E-state index contributed by atoms with van der Waals surface area (Å²) in [6, 6.07) is 1.68. The molecule has 1 saturated carbocycles. The molecule has 0 radical (unpaired) electrons. The zero-order valence-corrected chi connectivity index (χ0v) is 13.2. The average Bonchev–Trinajstić information content (AvgIpc) is 2.45. The molecule has 7 heteroatoms. The quantitative estimate of drug-likeness (QED) is 0.694. The minimum Gasteiger partial charge on any atom is -0.395 e. The third-order valence-electron chi connectivity index (χ3n) is 4.34. The Hall–Kier alpha value is -1.11. The lowest BCUT2D eigenvalue weighted by Crippen LogP contribution is -2.53. The molecule has 0 amide bonds. The highest BCUT2D eigenvalue weighted by Crippen LogP contribution is 2.33. The molecule has 118 valence electrons. The number of halogens is 1. The van der Waals surface area contributed by atoms with Crippen molar-refractivity contribution in [3.8, 4) is 0 Å². The van der Waals surface area contributed by atoms with E-state index in [1.807, 2.05) is 0 Å². The van der Waals surface area contributed by atoms with E-state index in [9.17, 15) is 5.11 Å². The number of likely N-dealkylation sites (N-methyl/N-ethyl adjacent to an activating group) is 1. The molecule has 4 N–H and O–H groups in total. The van der Waals surface area contributed by atoms with Crippen molar-refractivity contribution in [1.82, 2.24) is 14.9 Å². The lowest BCUT2D eigenvalue weighted by molar-refractivity contribution is 0.0690. The van der Waals surface area contributed by atoms with Crippen LogP contribution in [0.5, 0.6) is 0 Å². The van der Waals surface area contributed by atoms with Crippen LogP contribution in [-0.4, -0.2) is 52.3 Å². The Labute approximate surface area is 130 Å². The Morgan fingerprint density at radius 3 is 2.71 bits per heavy atom. The molecule has 0 unspecified atom stereocenters. The number of aromatic nitrogens is 2. The molecule has 1 heterocycles. The third-order valence-corrected chi connectivity index (χ3v) is 4.53. The van der Waals surface area contributed by atoms with Crippen LogP contribution in [0.25, 0.3) is 0 Å². The van der Waals surface area contributed by atoms with Gasteiger partial charge in [0.2, 0.25) is 5.95 Å². The molecule has 1 aromatic heterocycles. The monoisotopic (exact) mass is 313 g/mol. The van der Waals surface area contributed by atoms with Crippen molar-refractivity contribution < 1.29 is 5.11 Å². The van der Waals surface area contributed by atoms with Gasteiger partial charge in [-0.2, -0.15) is 4.98 Å². The van der Waals surface area contributed by atoms with Crippen LogP contribution in [0.2, 0.25) is 5.15 Å². The number of nitrogens with two attached hydrogens (primary N) is 1. The van der Waals surface area contributed by atoms with Crippen molar-refractivity contribution in [3.63, 3.8) is 0 Å². The first kappa shape index (κ1) is 16.3. The molecule has 21 heavy (non-hydrogen) atoms. The van der Waals surface area contributed by atoms with Gasteiger partial charge in [0.05, 0.1) is 6.61 Å². The molecule has 1 aliphatic rings. The number of hydrogen-bond donors (Lipinski definition) is 3. The Morgan fingerprint density at radius 2 is 2.10 bits per heavy atom. The number of hydrogen-bond acceptors (Lipinski definition) is 6. The topological polar surface area (TPSA) is 87.3 Å². The molecule has 0 aliphatic heterocycles. The zero-order valence-electron chi connectivity index (χ0n) is 12.5. The van der Waals surface area contributed by atoms with Crippen molar-refractivity contribution >= 4 is 23.4 Å². The summed E-state index contributed by atoms with van der Waals surface area (Å²) in [7, 11) is 2.07. The number of β-amino-alcohol motifs (C(OH)–C–C–N with tert-alkyl or cyclic N) is 1. The van der Waals surface area contributed by atoms with Crippen LogP contribution in [0, 0.1) is 0 Å². The van der Waals surface area contributed by atoms with Gasteiger partial charge in [0.15, 0.2) is 0 Å². The fourth-order valence-electron chi connectivity index (χ4n) is 3.07. The van der Waals surface area contributed by atoms with Gasteiger partial charge in [0, 0.05) is 24.7 Å². The van der Waals surface area contributed by atoms with Crippen molar-refractivity contribution in [1.29, 1.82) is 0 Å².